The Kier molecular flexibility index (Phi) is 3.79. The summed E-state index contributed by atoms with van der Waals surface area (Å²) in [4.78, 5) is 0. The molecule has 120 valence electrons. The van der Waals surface area contributed by atoms with Crippen molar-refractivity contribution in [2.24, 2.45) is 0 Å². The number of hydrogen-bond donors (Lipinski definition) is 0. The fraction of sp³-hybridized carbons (Fsp3) is 0.333. The van der Waals surface area contributed by atoms with Crippen LogP contribution in [-0.4, -0.2) is 4.57 Å². The second kappa shape index (κ2) is 5.52. The van der Waals surface area contributed by atoms with Gasteiger partial charge in [0.05, 0.1) is 5.69 Å². The van der Waals surface area contributed by atoms with E-state index in [0.717, 1.165) is 18.4 Å². The maximum absolute atomic E-state index is 13.3. The van der Waals surface area contributed by atoms with E-state index in [1.807, 2.05) is 19.1 Å². The summed E-state index contributed by atoms with van der Waals surface area (Å²) in [6.07, 6.45) is 6.33. The predicted molar refractivity (Wildman–Crippen MR) is 96.9 cm³/mol. The average Bonchev–Trinajstić information content (AvgIpc) is 2.79. The molecule has 0 N–H and O–H groups in total. The first-order chi connectivity index (χ1) is 10.9. The zero-order chi connectivity index (χ0) is 16.8. The molecular weight excluding hydrogens is 285 g/mol. The van der Waals surface area contributed by atoms with Gasteiger partial charge in [-0.1, -0.05) is 30.9 Å². The normalized spacial score (nSPS) is 16.8. The van der Waals surface area contributed by atoms with Crippen LogP contribution >= 0.6 is 0 Å². The van der Waals surface area contributed by atoms with E-state index >= 15 is 0 Å². The highest BCUT2D eigenvalue weighted by molar-refractivity contribution is 5.86. The van der Waals surface area contributed by atoms with Gasteiger partial charge in [-0.15, -0.1) is 0 Å². The van der Waals surface area contributed by atoms with Gasteiger partial charge in [0, 0.05) is 22.4 Å². The van der Waals surface area contributed by atoms with Crippen molar-refractivity contribution in [1.82, 2.24) is 4.57 Å². The molecule has 1 nitrogen and oxygen atoms in total. The summed E-state index contributed by atoms with van der Waals surface area (Å²) >= 11 is 0. The first-order valence-corrected chi connectivity index (χ1v) is 8.19. The second-order valence-corrected chi connectivity index (χ2v) is 6.98. The zero-order valence-electron chi connectivity index (χ0n) is 14.4. The van der Waals surface area contributed by atoms with Crippen molar-refractivity contribution in [3.63, 3.8) is 0 Å². The lowest BCUT2D eigenvalue weighted by atomic mass is 9.88. The SMILES string of the molecule is C=C1CCC(C)(C)n2c(C)c(-c3ccc(F)cc3)c(/C=C\C)c21. The van der Waals surface area contributed by atoms with E-state index in [1.165, 1.54) is 40.2 Å². The van der Waals surface area contributed by atoms with E-state index in [4.69, 9.17) is 0 Å². The lowest BCUT2D eigenvalue weighted by molar-refractivity contribution is 0.311. The number of aromatic nitrogens is 1. The smallest absolute Gasteiger partial charge is 0.123 e. The van der Waals surface area contributed by atoms with Gasteiger partial charge in [-0.2, -0.15) is 0 Å². The number of benzene rings is 1. The average molecular weight is 309 g/mol. The summed E-state index contributed by atoms with van der Waals surface area (Å²) in [5, 5.41) is 0. The Bertz CT molecular complexity index is 788. The fourth-order valence-electron chi connectivity index (χ4n) is 3.82. The van der Waals surface area contributed by atoms with E-state index in [9.17, 15) is 4.39 Å². The van der Waals surface area contributed by atoms with Crippen molar-refractivity contribution in [3.05, 3.63) is 59.7 Å². The van der Waals surface area contributed by atoms with Crippen molar-refractivity contribution in [2.45, 2.75) is 46.1 Å². The highest BCUT2D eigenvalue weighted by atomic mass is 19.1. The highest BCUT2D eigenvalue weighted by Crippen LogP contribution is 2.45. The largest absolute Gasteiger partial charge is 0.338 e. The molecule has 1 aromatic heterocycles. The standard InChI is InChI=1S/C21H24FN/c1-6-7-18-19(16-8-10-17(22)11-9-16)15(3)23-20(18)14(2)12-13-21(23,4)5/h6-11H,2,12-13H2,1,3-5H3/b7-6-. The molecule has 3 rings (SSSR count). The Morgan fingerprint density at radius 3 is 2.48 bits per heavy atom. The van der Waals surface area contributed by atoms with Crippen LogP contribution in [0.5, 0.6) is 0 Å². The van der Waals surface area contributed by atoms with E-state index in [0.29, 0.717) is 0 Å². The monoisotopic (exact) mass is 309 g/mol. The third-order valence-corrected chi connectivity index (χ3v) is 4.89. The third-order valence-electron chi connectivity index (χ3n) is 4.89. The maximum Gasteiger partial charge on any atom is 0.123 e. The van der Waals surface area contributed by atoms with Gasteiger partial charge in [0.1, 0.15) is 5.82 Å². The molecule has 23 heavy (non-hydrogen) atoms. The number of rotatable bonds is 2. The Balaban J connectivity index is 2.37. The molecule has 0 spiro atoms. The molecule has 2 aromatic rings. The van der Waals surface area contributed by atoms with E-state index in [-0.39, 0.29) is 11.4 Å². The van der Waals surface area contributed by atoms with Crippen LogP contribution in [0.3, 0.4) is 0 Å². The molecule has 0 bridgehead atoms. The molecule has 1 aliphatic rings. The topological polar surface area (TPSA) is 4.93 Å². The van der Waals surface area contributed by atoms with Gasteiger partial charge in [0.15, 0.2) is 0 Å². The summed E-state index contributed by atoms with van der Waals surface area (Å²) in [5.74, 6) is -0.201. The van der Waals surface area contributed by atoms with Gasteiger partial charge < -0.3 is 4.57 Å². The van der Waals surface area contributed by atoms with Crippen LogP contribution in [0.15, 0.2) is 36.9 Å². The van der Waals surface area contributed by atoms with Gasteiger partial charge >= 0.3 is 0 Å². The summed E-state index contributed by atoms with van der Waals surface area (Å²) < 4.78 is 15.8. The molecule has 2 heterocycles. The van der Waals surface area contributed by atoms with Crippen molar-refractivity contribution < 1.29 is 4.39 Å². The van der Waals surface area contributed by atoms with E-state index in [1.54, 1.807) is 0 Å². The van der Waals surface area contributed by atoms with Crippen LogP contribution in [0, 0.1) is 12.7 Å². The summed E-state index contributed by atoms with van der Waals surface area (Å²) in [7, 11) is 0. The number of nitrogens with zero attached hydrogens (tertiary/aromatic N) is 1. The van der Waals surface area contributed by atoms with Crippen LogP contribution in [0.4, 0.5) is 4.39 Å². The van der Waals surface area contributed by atoms with Crippen LogP contribution in [-0.2, 0) is 5.54 Å². The Morgan fingerprint density at radius 1 is 1.22 bits per heavy atom. The number of halogens is 1. The quantitative estimate of drug-likeness (QED) is 0.624. The number of fused-ring (bicyclic) bond motifs is 1. The molecule has 0 saturated carbocycles. The molecule has 0 saturated heterocycles. The molecule has 0 atom stereocenters. The van der Waals surface area contributed by atoms with Gasteiger partial charge in [-0.3, -0.25) is 0 Å². The summed E-state index contributed by atoms with van der Waals surface area (Å²) in [6.45, 7) is 13.1. The molecule has 0 radical (unpaired) electrons. The number of hydrogen-bond acceptors (Lipinski definition) is 0. The Hall–Kier alpha value is -2.09. The van der Waals surface area contributed by atoms with Crippen molar-refractivity contribution >= 4 is 11.6 Å². The minimum atomic E-state index is -0.201. The molecule has 1 aromatic carbocycles. The fourth-order valence-corrected chi connectivity index (χ4v) is 3.82. The second-order valence-electron chi connectivity index (χ2n) is 6.98. The summed E-state index contributed by atoms with van der Waals surface area (Å²) in [6, 6.07) is 6.80. The molecule has 0 fully saturated rings. The highest BCUT2D eigenvalue weighted by Gasteiger charge is 2.34. The van der Waals surface area contributed by atoms with E-state index in [2.05, 4.69) is 44.1 Å². The molecule has 2 heteroatoms. The van der Waals surface area contributed by atoms with Gasteiger partial charge in [0.2, 0.25) is 0 Å². The first-order valence-electron chi connectivity index (χ1n) is 8.19. The van der Waals surface area contributed by atoms with Crippen molar-refractivity contribution in [2.75, 3.05) is 0 Å². The Labute approximate surface area is 138 Å². The van der Waals surface area contributed by atoms with Crippen LogP contribution < -0.4 is 0 Å². The molecule has 0 aliphatic carbocycles. The minimum absolute atomic E-state index is 0.0647. The lowest BCUT2D eigenvalue weighted by Crippen LogP contribution is -2.32. The zero-order valence-corrected chi connectivity index (χ0v) is 14.4. The molecular formula is C21H24FN. The summed E-state index contributed by atoms with van der Waals surface area (Å²) in [5.41, 5.74) is 7.16. The molecule has 0 unspecified atom stereocenters. The first kappa shape index (κ1) is 15.8. The maximum atomic E-state index is 13.3. The minimum Gasteiger partial charge on any atom is -0.338 e. The Morgan fingerprint density at radius 2 is 1.87 bits per heavy atom. The van der Waals surface area contributed by atoms with Crippen LogP contribution in [0.1, 0.15) is 50.6 Å². The predicted octanol–water partition coefficient (Wildman–Crippen LogP) is 6.18. The number of allylic oxidation sites excluding steroid dienone is 2. The van der Waals surface area contributed by atoms with Gasteiger partial charge in [-0.05, 0) is 63.8 Å². The lowest BCUT2D eigenvalue weighted by Gasteiger charge is -2.36. The molecule has 1 aliphatic heterocycles. The molecule has 0 amide bonds. The van der Waals surface area contributed by atoms with Gasteiger partial charge in [0.25, 0.3) is 0 Å². The van der Waals surface area contributed by atoms with Crippen molar-refractivity contribution in [3.8, 4) is 11.1 Å². The third kappa shape index (κ3) is 2.46. The van der Waals surface area contributed by atoms with E-state index < -0.39 is 0 Å². The van der Waals surface area contributed by atoms with Crippen molar-refractivity contribution in [1.29, 1.82) is 0 Å². The van der Waals surface area contributed by atoms with Gasteiger partial charge in [-0.25, -0.2) is 4.39 Å². The van der Waals surface area contributed by atoms with Crippen LogP contribution in [0.2, 0.25) is 0 Å². The van der Waals surface area contributed by atoms with Crippen LogP contribution in [0.25, 0.3) is 22.8 Å².